The van der Waals surface area contributed by atoms with Crippen LogP contribution in [0.15, 0.2) is 60.7 Å². The van der Waals surface area contributed by atoms with Crippen molar-refractivity contribution in [2.45, 2.75) is 18.5 Å². The van der Waals surface area contributed by atoms with Gasteiger partial charge in [0.1, 0.15) is 12.2 Å². The first-order chi connectivity index (χ1) is 9.38. The highest BCUT2D eigenvalue weighted by molar-refractivity contribution is 9.09. The Bertz CT molecular complexity index is 467. The van der Waals surface area contributed by atoms with Gasteiger partial charge in [0.05, 0.1) is 5.33 Å². The van der Waals surface area contributed by atoms with Gasteiger partial charge < -0.3 is 9.47 Å². The van der Waals surface area contributed by atoms with E-state index >= 15 is 0 Å². The molecule has 2 atom stereocenters. The van der Waals surface area contributed by atoms with Gasteiger partial charge in [0.25, 0.3) is 0 Å². The van der Waals surface area contributed by atoms with Crippen molar-refractivity contribution in [1.82, 2.24) is 0 Å². The second kappa shape index (κ2) is 5.87. The Labute approximate surface area is 121 Å². The molecule has 0 bridgehead atoms. The summed E-state index contributed by atoms with van der Waals surface area (Å²) >= 11 is 3.43. The molecule has 1 aliphatic heterocycles. The molecule has 2 aromatic rings. The Morgan fingerprint density at radius 2 is 1.16 bits per heavy atom. The van der Waals surface area contributed by atoms with Crippen molar-refractivity contribution < 1.29 is 9.47 Å². The van der Waals surface area contributed by atoms with Crippen molar-refractivity contribution in [1.29, 1.82) is 0 Å². The second-order valence-electron chi connectivity index (χ2n) is 4.52. The molecule has 98 valence electrons. The minimum absolute atomic E-state index is 0.0499. The van der Waals surface area contributed by atoms with E-state index in [0.717, 1.165) is 11.1 Å². The lowest BCUT2D eigenvalue weighted by atomic mass is 9.99. The van der Waals surface area contributed by atoms with Gasteiger partial charge in [-0.1, -0.05) is 76.6 Å². The maximum atomic E-state index is 5.99. The minimum atomic E-state index is -0.199. The lowest BCUT2D eigenvalue weighted by Gasteiger charge is -2.17. The zero-order chi connectivity index (χ0) is 13.1. The quantitative estimate of drug-likeness (QED) is 0.788. The highest BCUT2D eigenvalue weighted by Crippen LogP contribution is 2.42. The summed E-state index contributed by atoms with van der Waals surface area (Å²) in [6.45, 7) is 0. The molecular weight excluding hydrogens is 304 g/mol. The zero-order valence-corrected chi connectivity index (χ0v) is 12.0. The van der Waals surface area contributed by atoms with E-state index in [0.29, 0.717) is 5.33 Å². The molecule has 0 aromatic heterocycles. The minimum Gasteiger partial charge on any atom is -0.341 e. The van der Waals surface area contributed by atoms with Crippen molar-refractivity contribution in [3.05, 3.63) is 71.8 Å². The third-order valence-electron chi connectivity index (χ3n) is 3.25. The van der Waals surface area contributed by atoms with E-state index in [9.17, 15) is 0 Å². The molecule has 19 heavy (non-hydrogen) atoms. The van der Waals surface area contributed by atoms with Crippen LogP contribution in [0.3, 0.4) is 0 Å². The monoisotopic (exact) mass is 318 g/mol. The molecule has 3 rings (SSSR count). The Morgan fingerprint density at radius 3 is 1.53 bits per heavy atom. The first-order valence-corrected chi connectivity index (χ1v) is 7.47. The van der Waals surface area contributed by atoms with Crippen LogP contribution >= 0.6 is 15.9 Å². The van der Waals surface area contributed by atoms with Crippen LogP contribution < -0.4 is 0 Å². The summed E-state index contributed by atoms with van der Waals surface area (Å²) in [6.07, 6.45) is -0.298. The van der Waals surface area contributed by atoms with E-state index in [1.54, 1.807) is 0 Å². The summed E-state index contributed by atoms with van der Waals surface area (Å²) in [5.41, 5.74) is 2.31. The van der Waals surface area contributed by atoms with Crippen molar-refractivity contribution in [2.24, 2.45) is 0 Å². The average Bonchev–Trinajstić information content (AvgIpc) is 2.93. The van der Waals surface area contributed by atoms with Gasteiger partial charge in [0.2, 0.25) is 0 Å². The molecule has 3 heteroatoms. The maximum absolute atomic E-state index is 5.99. The van der Waals surface area contributed by atoms with Gasteiger partial charge in [0.15, 0.2) is 6.29 Å². The van der Waals surface area contributed by atoms with Crippen LogP contribution in [0.2, 0.25) is 0 Å². The fourth-order valence-electron chi connectivity index (χ4n) is 2.37. The van der Waals surface area contributed by atoms with Gasteiger partial charge in [-0.2, -0.15) is 0 Å². The largest absolute Gasteiger partial charge is 0.341 e. The zero-order valence-electron chi connectivity index (χ0n) is 10.4. The molecule has 0 N–H and O–H groups in total. The van der Waals surface area contributed by atoms with Crippen LogP contribution in [-0.4, -0.2) is 11.6 Å². The lowest BCUT2D eigenvalue weighted by molar-refractivity contribution is -0.0469. The molecule has 2 unspecified atom stereocenters. The number of alkyl halides is 1. The van der Waals surface area contributed by atoms with Gasteiger partial charge in [-0.15, -0.1) is 0 Å². The summed E-state index contributed by atoms with van der Waals surface area (Å²) in [7, 11) is 0. The normalized spacial score (nSPS) is 26.5. The van der Waals surface area contributed by atoms with Crippen LogP contribution in [0.5, 0.6) is 0 Å². The van der Waals surface area contributed by atoms with Crippen molar-refractivity contribution in [3.63, 3.8) is 0 Å². The molecular formula is C16H15BrO2. The maximum Gasteiger partial charge on any atom is 0.169 e. The fraction of sp³-hybridized carbons (Fsp3) is 0.250. The van der Waals surface area contributed by atoms with Gasteiger partial charge in [0, 0.05) is 0 Å². The summed E-state index contributed by atoms with van der Waals surface area (Å²) in [4.78, 5) is 0. The van der Waals surface area contributed by atoms with Crippen LogP contribution in [0.25, 0.3) is 0 Å². The Kier molecular flexibility index (Phi) is 3.97. The molecule has 1 heterocycles. The molecule has 0 amide bonds. The van der Waals surface area contributed by atoms with Crippen LogP contribution in [0, 0.1) is 0 Å². The van der Waals surface area contributed by atoms with E-state index in [-0.39, 0.29) is 18.5 Å². The van der Waals surface area contributed by atoms with Crippen molar-refractivity contribution in [3.8, 4) is 0 Å². The first-order valence-electron chi connectivity index (χ1n) is 6.35. The van der Waals surface area contributed by atoms with E-state index in [1.807, 2.05) is 36.4 Å². The fourth-order valence-corrected chi connectivity index (χ4v) is 2.67. The molecule has 0 aliphatic carbocycles. The summed E-state index contributed by atoms with van der Waals surface area (Å²) in [5, 5.41) is 0.680. The standard InChI is InChI=1S/C16H15BrO2/c17-11-14-18-15(12-7-3-1-4-8-12)16(19-14)13-9-5-2-6-10-13/h1-10,14-16H,11H2. The number of ether oxygens (including phenoxy) is 2. The van der Waals surface area contributed by atoms with Gasteiger partial charge in [-0.25, -0.2) is 0 Å². The van der Waals surface area contributed by atoms with Gasteiger partial charge in [-0.3, -0.25) is 0 Å². The molecule has 1 saturated heterocycles. The molecule has 0 spiro atoms. The smallest absolute Gasteiger partial charge is 0.169 e. The third-order valence-corrected chi connectivity index (χ3v) is 3.78. The highest BCUT2D eigenvalue weighted by atomic mass is 79.9. The van der Waals surface area contributed by atoms with Crippen molar-refractivity contribution >= 4 is 15.9 Å². The van der Waals surface area contributed by atoms with E-state index in [4.69, 9.17) is 9.47 Å². The number of hydrogen-bond acceptors (Lipinski definition) is 2. The van der Waals surface area contributed by atoms with E-state index < -0.39 is 0 Å². The summed E-state index contributed by atoms with van der Waals surface area (Å²) in [6, 6.07) is 20.5. The van der Waals surface area contributed by atoms with E-state index in [2.05, 4.69) is 40.2 Å². The molecule has 2 nitrogen and oxygen atoms in total. The SMILES string of the molecule is BrCC1OC(c2ccccc2)C(c2ccccc2)O1. The molecule has 1 fully saturated rings. The average molecular weight is 319 g/mol. The number of halogens is 1. The molecule has 0 saturated carbocycles. The number of rotatable bonds is 3. The predicted molar refractivity (Wildman–Crippen MR) is 78.1 cm³/mol. The highest BCUT2D eigenvalue weighted by Gasteiger charge is 2.37. The Morgan fingerprint density at radius 1 is 0.737 bits per heavy atom. The molecule has 1 aliphatic rings. The topological polar surface area (TPSA) is 18.5 Å². The first kappa shape index (κ1) is 12.9. The number of benzene rings is 2. The summed E-state index contributed by atoms with van der Waals surface area (Å²) < 4.78 is 12.0. The van der Waals surface area contributed by atoms with Crippen LogP contribution in [0.1, 0.15) is 23.3 Å². The van der Waals surface area contributed by atoms with E-state index in [1.165, 1.54) is 0 Å². The summed E-state index contributed by atoms with van der Waals surface area (Å²) in [5.74, 6) is 0. The molecule has 2 aromatic carbocycles. The lowest BCUT2D eigenvalue weighted by Crippen LogP contribution is -2.08. The Hall–Kier alpha value is -1.16. The Balaban J connectivity index is 1.92. The molecule has 0 radical (unpaired) electrons. The van der Waals surface area contributed by atoms with Gasteiger partial charge >= 0.3 is 0 Å². The van der Waals surface area contributed by atoms with Crippen LogP contribution in [0.4, 0.5) is 0 Å². The predicted octanol–water partition coefficient (Wildman–Crippen LogP) is 4.24. The van der Waals surface area contributed by atoms with Crippen LogP contribution in [-0.2, 0) is 9.47 Å². The number of hydrogen-bond donors (Lipinski definition) is 0. The third kappa shape index (κ3) is 2.73. The van der Waals surface area contributed by atoms with Gasteiger partial charge in [-0.05, 0) is 11.1 Å². The second-order valence-corrected chi connectivity index (χ2v) is 5.17. The van der Waals surface area contributed by atoms with Crippen molar-refractivity contribution in [2.75, 3.05) is 5.33 Å².